The molecule has 1 aliphatic carbocycles. The molecule has 0 radical (unpaired) electrons. The summed E-state index contributed by atoms with van der Waals surface area (Å²) in [5.41, 5.74) is 4.06. The molecule has 0 saturated carbocycles. The smallest absolute Gasteiger partial charge is 0.276 e. The minimum Gasteiger partial charge on any atom is -0.454 e. The van der Waals surface area contributed by atoms with Gasteiger partial charge in [0.25, 0.3) is 11.8 Å². The second-order valence-corrected chi connectivity index (χ2v) is 8.89. The molecule has 186 valence electrons. The van der Waals surface area contributed by atoms with Gasteiger partial charge in [0.2, 0.25) is 6.79 Å². The van der Waals surface area contributed by atoms with E-state index in [-0.39, 0.29) is 18.5 Å². The van der Waals surface area contributed by atoms with Crippen molar-refractivity contribution in [1.82, 2.24) is 9.78 Å². The minimum absolute atomic E-state index is 0.141. The van der Waals surface area contributed by atoms with Crippen molar-refractivity contribution < 1.29 is 23.5 Å². The van der Waals surface area contributed by atoms with Crippen molar-refractivity contribution in [2.75, 3.05) is 17.4 Å². The molecule has 0 spiro atoms. The maximum atomic E-state index is 13.5. The first-order chi connectivity index (χ1) is 18.1. The molecule has 4 aromatic rings. The summed E-state index contributed by atoms with van der Waals surface area (Å²) in [5, 5.41) is 10.3. The summed E-state index contributed by atoms with van der Waals surface area (Å²) < 4.78 is 25.9. The number of benzene rings is 3. The summed E-state index contributed by atoms with van der Waals surface area (Å²) in [7, 11) is 0. The summed E-state index contributed by atoms with van der Waals surface area (Å²) >= 11 is 0. The monoisotopic (exact) mass is 498 g/mol. The summed E-state index contributed by atoms with van der Waals surface area (Å²) in [5.74, 6) is 0.0596. The quantitative estimate of drug-likeness (QED) is 0.398. The van der Waals surface area contributed by atoms with Crippen LogP contribution in [-0.2, 0) is 12.8 Å². The lowest BCUT2D eigenvalue weighted by atomic mass is 9.95. The lowest BCUT2D eigenvalue weighted by Crippen LogP contribution is -2.19. The van der Waals surface area contributed by atoms with Crippen molar-refractivity contribution in [3.63, 3.8) is 0 Å². The lowest BCUT2D eigenvalue weighted by molar-refractivity contribution is 0.102. The van der Waals surface area contributed by atoms with Crippen molar-refractivity contribution in [2.24, 2.45) is 0 Å². The van der Waals surface area contributed by atoms with Crippen LogP contribution in [0.1, 0.15) is 44.9 Å². The van der Waals surface area contributed by atoms with E-state index >= 15 is 0 Å². The number of carbonyl (C=O) groups excluding carboxylic acids is 2. The van der Waals surface area contributed by atoms with Crippen LogP contribution in [-0.4, -0.2) is 28.4 Å². The topological polar surface area (TPSA) is 94.5 Å². The number of halogens is 1. The van der Waals surface area contributed by atoms with Crippen LogP contribution in [0.15, 0.2) is 66.7 Å². The van der Waals surface area contributed by atoms with E-state index < -0.39 is 5.91 Å². The van der Waals surface area contributed by atoms with Gasteiger partial charge in [0.15, 0.2) is 17.2 Å². The van der Waals surface area contributed by atoms with Gasteiger partial charge in [-0.3, -0.25) is 9.59 Å². The molecule has 1 aromatic heterocycles. The summed E-state index contributed by atoms with van der Waals surface area (Å²) in [6, 6.07) is 18.0. The number of hydrogen-bond donors (Lipinski definition) is 2. The summed E-state index contributed by atoms with van der Waals surface area (Å²) in [4.78, 5) is 26.6. The normalized spacial score (nSPS) is 13.6. The molecule has 0 unspecified atom stereocenters. The highest BCUT2D eigenvalue weighted by atomic mass is 19.1. The number of anilines is 2. The van der Waals surface area contributed by atoms with E-state index in [1.54, 1.807) is 59.3 Å². The van der Waals surface area contributed by atoms with E-state index in [4.69, 9.17) is 9.47 Å². The van der Waals surface area contributed by atoms with Crippen LogP contribution in [0.3, 0.4) is 0 Å². The second-order valence-electron chi connectivity index (χ2n) is 8.89. The third-order valence-electron chi connectivity index (χ3n) is 6.52. The number of nitrogens with one attached hydrogen (secondary N) is 2. The van der Waals surface area contributed by atoms with Gasteiger partial charge in [-0.15, -0.1) is 0 Å². The van der Waals surface area contributed by atoms with Gasteiger partial charge in [0, 0.05) is 23.0 Å². The number of hydrogen-bond acceptors (Lipinski definition) is 5. The highest BCUT2D eigenvalue weighted by molar-refractivity contribution is 6.12. The van der Waals surface area contributed by atoms with Gasteiger partial charge in [-0.2, -0.15) is 5.10 Å². The molecule has 9 heteroatoms. The molecule has 0 saturated heterocycles. The Kier molecular flexibility index (Phi) is 5.80. The van der Waals surface area contributed by atoms with Crippen molar-refractivity contribution in [1.29, 1.82) is 0 Å². The molecule has 1 aliphatic heterocycles. The third kappa shape index (κ3) is 4.40. The molecular weight excluding hydrogens is 475 g/mol. The lowest BCUT2D eigenvalue weighted by Gasteiger charge is -2.14. The zero-order valence-corrected chi connectivity index (χ0v) is 19.8. The van der Waals surface area contributed by atoms with E-state index in [1.165, 1.54) is 12.1 Å². The Balaban J connectivity index is 1.27. The van der Waals surface area contributed by atoms with Crippen molar-refractivity contribution in [2.45, 2.75) is 25.7 Å². The molecule has 6 rings (SSSR count). The SMILES string of the molecule is O=C(Nc1ccc2c(c1)OCO2)c1ccccc1NC(=O)c1nn(-c2ccc(F)cc2)c2c1CCCC2. The van der Waals surface area contributed by atoms with Crippen molar-refractivity contribution >= 4 is 23.2 Å². The Morgan fingerprint density at radius 3 is 2.51 bits per heavy atom. The van der Waals surface area contributed by atoms with Crippen LogP contribution >= 0.6 is 0 Å². The number of amides is 2. The Hall–Kier alpha value is -4.66. The fourth-order valence-electron chi connectivity index (χ4n) is 4.72. The van der Waals surface area contributed by atoms with Gasteiger partial charge < -0.3 is 20.1 Å². The molecule has 2 N–H and O–H groups in total. The van der Waals surface area contributed by atoms with Gasteiger partial charge >= 0.3 is 0 Å². The van der Waals surface area contributed by atoms with Crippen molar-refractivity contribution in [3.8, 4) is 17.2 Å². The fourth-order valence-corrected chi connectivity index (χ4v) is 4.72. The Morgan fingerprint density at radius 2 is 1.65 bits per heavy atom. The highest BCUT2D eigenvalue weighted by Gasteiger charge is 2.26. The standard InChI is InChI=1S/C28H23FN4O4/c29-17-9-12-19(13-10-17)33-23-8-4-2-6-21(23)26(32-33)28(35)31-22-7-3-1-5-20(22)27(34)30-18-11-14-24-25(15-18)37-16-36-24/h1,3,5,7,9-15H,2,4,6,8,16H2,(H,30,34)(H,31,35). The van der Waals surface area contributed by atoms with Crippen molar-refractivity contribution in [3.05, 3.63) is 95.1 Å². The molecule has 0 bridgehead atoms. The number of rotatable bonds is 5. The fraction of sp³-hybridized carbons (Fsp3) is 0.179. The van der Waals surface area contributed by atoms with Gasteiger partial charge in [-0.1, -0.05) is 12.1 Å². The molecule has 0 atom stereocenters. The number of para-hydroxylation sites is 1. The first kappa shape index (κ1) is 22.8. The predicted molar refractivity (Wildman–Crippen MR) is 135 cm³/mol. The van der Waals surface area contributed by atoms with E-state index in [0.29, 0.717) is 39.8 Å². The van der Waals surface area contributed by atoms with Crippen LogP contribution in [0.25, 0.3) is 5.69 Å². The third-order valence-corrected chi connectivity index (χ3v) is 6.52. The van der Waals surface area contributed by atoms with E-state index in [9.17, 15) is 14.0 Å². The van der Waals surface area contributed by atoms with E-state index in [1.807, 2.05) is 0 Å². The number of ether oxygens (including phenoxy) is 2. The number of carbonyl (C=O) groups is 2. The van der Waals surface area contributed by atoms with Crippen LogP contribution in [0, 0.1) is 5.82 Å². The minimum atomic E-state index is -0.401. The Morgan fingerprint density at radius 1 is 0.865 bits per heavy atom. The molecule has 0 fully saturated rings. The molecule has 2 aliphatic rings. The summed E-state index contributed by atoms with van der Waals surface area (Å²) in [6.07, 6.45) is 3.45. The molecule has 2 heterocycles. The van der Waals surface area contributed by atoms with Crippen LogP contribution in [0.4, 0.5) is 15.8 Å². The van der Waals surface area contributed by atoms with Crippen LogP contribution in [0.2, 0.25) is 0 Å². The molecule has 3 aromatic carbocycles. The zero-order valence-electron chi connectivity index (χ0n) is 19.8. The first-order valence-corrected chi connectivity index (χ1v) is 12.0. The Labute approximate surface area is 212 Å². The Bertz CT molecular complexity index is 1510. The highest BCUT2D eigenvalue weighted by Crippen LogP contribution is 2.34. The predicted octanol–water partition coefficient (Wildman–Crippen LogP) is 5.12. The first-order valence-electron chi connectivity index (χ1n) is 12.0. The average molecular weight is 499 g/mol. The molecule has 37 heavy (non-hydrogen) atoms. The van der Waals surface area contributed by atoms with E-state index in [0.717, 1.165) is 36.9 Å². The van der Waals surface area contributed by atoms with Crippen LogP contribution < -0.4 is 20.1 Å². The number of nitrogens with zero attached hydrogens (tertiary/aromatic N) is 2. The second kappa shape index (κ2) is 9.42. The summed E-state index contributed by atoms with van der Waals surface area (Å²) in [6.45, 7) is 0.141. The molecule has 8 nitrogen and oxygen atoms in total. The van der Waals surface area contributed by atoms with Gasteiger partial charge in [0.1, 0.15) is 5.82 Å². The van der Waals surface area contributed by atoms with Gasteiger partial charge in [-0.05, 0) is 74.2 Å². The largest absolute Gasteiger partial charge is 0.454 e. The zero-order chi connectivity index (χ0) is 25.4. The molecular formula is C28H23FN4O4. The van der Waals surface area contributed by atoms with Gasteiger partial charge in [-0.25, -0.2) is 9.07 Å². The number of aromatic nitrogens is 2. The maximum absolute atomic E-state index is 13.5. The number of fused-ring (bicyclic) bond motifs is 2. The molecule has 2 amide bonds. The van der Waals surface area contributed by atoms with E-state index in [2.05, 4.69) is 15.7 Å². The van der Waals surface area contributed by atoms with Crippen LogP contribution in [0.5, 0.6) is 11.5 Å². The maximum Gasteiger partial charge on any atom is 0.276 e. The average Bonchev–Trinajstić information content (AvgIpc) is 3.54. The van der Waals surface area contributed by atoms with Gasteiger partial charge in [0.05, 0.1) is 16.9 Å².